The van der Waals surface area contributed by atoms with Gasteiger partial charge in [0.15, 0.2) is 0 Å². The highest BCUT2D eigenvalue weighted by atomic mass is 16.5. The number of carbonyl (C=O) groups excluding carboxylic acids is 1. The molecule has 2 aromatic carbocycles. The fraction of sp³-hybridized carbons (Fsp3) is 0.350. The van der Waals surface area contributed by atoms with E-state index in [1.165, 1.54) is 11.1 Å². The number of benzene rings is 2. The maximum absolute atomic E-state index is 12.3. The molecular weight excluding hydrogens is 286 g/mol. The van der Waals surface area contributed by atoms with Gasteiger partial charge in [0, 0.05) is 12.1 Å². The van der Waals surface area contributed by atoms with Crippen LogP contribution in [0.1, 0.15) is 31.0 Å². The van der Waals surface area contributed by atoms with Gasteiger partial charge in [-0.2, -0.15) is 0 Å². The average Bonchev–Trinajstić information content (AvgIpc) is 3.30. The minimum absolute atomic E-state index is 0.101. The van der Waals surface area contributed by atoms with Gasteiger partial charge in [-0.3, -0.25) is 9.69 Å². The Hall–Kier alpha value is -2.13. The van der Waals surface area contributed by atoms with Crippen LogP contribution in [0, 0.1) is 0 Å². The number of carbonyl (C=O) groups is 1. The first kappa shape index (κ1) is 15.8. The van der Waals surface area contributed by atoms with Crippen molar-refractivity contribution < 1.29 is 9.53 Å². The second kappa shape index (κ2) is 6.97. The van der Waals surface area contributed by atoms with Crippen molar-refractivity contribution in [1.29, 1.82) is 0 Å². The molecule has 3 rings (SSSR count). The van der Waals surface area contributed by atoms with Crippen LogP contribution in [0.5, 0.6) is 0 Å². The highest BCUT2D eigenvalue weighted by Gasteiger charge is 2.55. The van der Waals surface area contributed by atoms with Crippen LogP contribution in [-0.2, 0) is 16.0 Å². The van der Waals surface area contributed by atoms with Crippen LogP contribution in [0.4, 0.5) is 0 Å². The zero-order valence-corrected chi connectivity index (χ0v) is 13.7. The van der Waals surface area contributed by atoms with E-state index < -0.39 is 0 Å². The molecule has 0 saturated carbocycles. The van der Waals surface area contributed by atoms with Gasteiger partial charge in [-0.05, 0) is 31.4 Å². The van der Waals surface area contributed by atoms with Gasteiger partial charge >= 0.3 is 5.97 Å². The highest BCUT2D eigenvalue weighted by molar-refractivity contribution is 5.80. The van der Waals surface area contributed by atoms with Gasteiger partial charge in [0.1, 0.15) is 6.04 Å². The van der Waals surface area contributed by atoms with Gasteiger partial charge in [-0.25, -0.2) is 0 Å². The maximum atomic E-state index is 12.3. The summed E-state index contributed by atoms with van der Waals surface area (Å²) in [6, 6.07) is 21.0. The van der Waals surface area contributed by atoms with E-state index in [-0.39, 0.29) is 24.1 Å². The van der Waals surface area contributed by atoms with Crippen LogP contribution < -0.4 is 0 Å². The normalized spacial score (nSPS) is 24.0. The summed E-state index contributed by atoms with van der Waals surface area (Å²) in [5, 5.41) is 0. The van der Waals surface area contributed by atoms with Gasteiger partial charge in [-0.1, -0.05) is 60.7 Å². The molecule has 23 heavy (non-hydrogen) atoms. The zero-order valence-electron chi connectivity index (χ0n) is 13.7. The Labute approximate surface area is 137 Å². The molecule has 0 radical (unpaired) electrons. The van der Waals surface area contributed by atoms with Crippen molar-refractivity contribution in [2.75, 3.05) is 6.61 Å². The van der Waals surface area contributed by atoms with Gasteiger partial charge in [0.05, 0.1) is 6.61 Å². The zero-order chi connectivity index (χ0) is 16.2. The summed E-state index contributed by atoms with van der Waals surface area (Å²) in [4.78, 5) is 14.6. The number of ether oxygens (including phenoxy) is 1. The molecule has 0 bridgehead atoms. The van der Waals surface area contributed by atoms with Crippen molar-refractivity contribution in [3.63, 3.8) is 0 Å². The Morgan fingerprint density at radius 2 is 1.70 bits per heavy atom. The monoisotopic (exact) mass is 309 g/mol. The number of esters is 1. The first-order chi connectivity index (χ1) is 11.2. The Morgan fingerprint density at radius 1 is 1.09 bits per heavy atom. The summed E-state index contributed by atoms with van der Waals surface area (Å²) in [5.41, 5.74) is 2.49. The third-order valence-corrected chi connectivity index (χ3v) is 4.52. The van der Waals surface area contributed by atoms with Crippen molar-refractivity contribution in [3.05, 3.63) is 71.8 Å². The van der Waals surface area contributed by atoms with Gasteiger partial charge in [0.25, 0.3) is 0 Å². The first-order valence-electron chi connectivity index (χ1n) is 8.25. The smallest absolute Gasteiger partial charge is 0.325 e. The summed E-state index contributed by atoms with van der Waals surface area (Å²) in [7, 11) is 0. The molecule has 120 valence electrons. The lowest BCUT2D eigenvalue weighted by Crippen LogP contribution is -2.18. The first-order valence-corrected chi connectivity index (χ1v) is 8.25. The Kier molecular flexibility index (Phi) is 4.77. The maximum Gasteiger partial charge on any atom is 0.325 e. The molecule has 1 unspecified atom stereocenters. The molecular formula is C20H23NO2. The molecule has 0 spiro atoms. The Morgan fingerprint density at radius 3 is 2.30 bits per heavy atom. The van der Waals surface area contributed by atoms with Gasteiger partial charge < -0.3 is 4.74 Å². The molecule has 1 fully saturated rings. The van der Waals surface area contributed by atoms with Gasteiger partial charge in [0.2, 0.25) is 0 Å². The van der Waals surface area contributed by atoms with E-state index in [9.17, 15) is 4.79 Å². The van der Waals surface area contributed by atoms with Crippen LogP contribution in [0.25, 0.3) is 0 Å². The lowest BCUT2D eigenvalue weighted by Gasteiger charge is -2.15. The molecule has 0 amide bonds. The van der Waals surface area contributed by atoms with Crippen LogP contribution in [0.2, 0.25) is 0 Å². The van der Waals surface area contributed by atoms with Gasteiger partial charge in [-0.15, -0.1) is 0 Å². The third kappa shape index (κ3) is 3.45. The summed E-state index contributed by atoms with van der Waals surface area (Å²) in [6.07, 6.45) is 0.876. The summed E-state index contributed by atoms with van der Waals surface area (Å²) in [5.74, 6) is -0.101. The van der Waals surface area contributed by atoms with Crippen molar-refractivity contribution in [1.82, 2.24) is 4.90 Å². The van der Waals surface area contributed by atoms with E-state index in [0.717, 1.165) is 6.42 Å². The van der Waals surface area contributed by atoms with E-state index >= 15 is 0 Å². The molecule has 1 aliphatic rings. The van der Waals surface area contributed by atoms with E-state index in [2.05, 4.69) is 36.1 Å². The molecule has 0 aliphatic carbocycles. The van der Waals surface area contributed by atoms with Crippen molar-refractivity contribution >= 4 is 5.97 Å². The average molecular weight is 309 g/mol. The van der Waals surface area contributed by atoms with Crippen LogP contribution >= 0.6 is 0 Å². The standard InChI is InChI=1S/C20H23NO2/c1-3-23-20(22)19-18(14-16-10-6-4-7-11-16)21(19)15(2)17-12-8-5-9-13-17/h4-13,15,18-19H,3,14H2,1-2H3/t15-,18-,19-,21?/m0/s1. The molecule has 1 aliphatic heterocycles. The highest BCUT2D eigenvalue weighted by Crippen LogP contribution is 2.41. The quantitative estimate of drug-likeness (QED) is 0.603. The Balaban J connectivity index is 1.77. The summed E-state index contributed by atoms with van der Waals surface area (Å²) in [6.45, 7) is 4.45. The second-order valence-electron chi connectivity index (χ2n) is 5.99. The van der Waals surface area contributed by atoms with Crippen LogP contribution in [0.3, 0.4) is 0 Å². The summed E-state index contributed by atoms with van der Waals surface area (Å²) >= 11 is 0. The molecule has 0 N–H and O–H groups in total. The van der Waals surface area contributed by atoms with E-state index in [1.54, 1.807) is 0 Å². The number of nitrogens with zero attached hydrogens (tertiary/aromatic N) is 1. The molecule has 1 heterocycles. The molecule has 4 atom stereocenters. The SMILES string of the molecule is CCOC(=O)[C@@H]1[C@H](Cc2ccccc2)N1[C@@H](C)c1ccccc1. The topological polar surface area (TPSA) is 29.3 Å². The lowest BCUT2D eigenvalue weighted by molar-refractivity contribution is -0.143. The molecule has 1 saturated heterocycles. The fourth-order valence-electron chi connectivity index (χ4n) is 3.31. The Bertz CT molecular complexity index is 641. The van der Waals surface area contributed by atoms with Crippen molar-refractivity contribution in [2.24, 2.45) is 0 Å². The summed E-state index contributed by atoms with van der Waals surface area (Å²) < 4.78 is 5.27. The number of rotatable bonds is 6. The van der Waals surface area contributed by atoms with Crippen LogP contribution in [-0.4, -0.2) is 29.6 Å². The van der Waals surface area contributed by atoms with Crippen molar-refractivity contribution in [2.45, 2.75) is 38.4 Å². The largest absolute Gasteiger partial charge is 0.465 e. The van der Waals surface area contributed by atoms with E-state index in [0.29, 0.717) is 6.61 Å². The molecule has 3 nitrogen and oxygen atoms in total. The lowest BCUT2D eigenvalue weighted by atomic mass is 10.1. The van der Waals surface area contributed by atoms with Crippen molar-refractivity contribution in [3.8, 4) is 0 Å². The minimum atomic E-state index is -0.134. The van der Waals surface area contributed by atoms with E-state index in [4.69, 9.17) is 4.74 Å². The number of hydrogen-bond donors (Lipinski definition) is 0. The third-order valence-electron chi connectivity index (χ3n) is 4.52. The minimum Gasteiger partial charge on any atom is -0.465 e. The predicted octanol–water partition coefficient (Wildman–Crippen LogP) is 3.61. The molecule has 2 aromatic rings. The molecule has 0 aromatic heterocycles. The fourth-order valence-corrected chi connectivity index (χ4v) is 3.31. The van der Waals surface area contributed by atoms with E-state index in [1.807, 2.05) is 43.3 Å². The predicted molar refractivity (Wildman–Crippen MR) is 91.1 cm³/mol. The number of hydrogen-bond acceptors (Lipinski definition) is 3. The molecule has 3 heteroatoms. The second-order valence-corrected chi connectivity index (χ2v) is 5.99. The van der Waals surface area contributed by atoms with Crippen LogP contribution in [0.15, 0.2) is 60.7 Å².